The number of hydrogen-bond acceptors (Lipinski definition) is 2. The molecule has 1 atom stereocenters. The lowest BCUT2D eigenvalue weighted by atomic mass is 9.86. The number of para-hydroxylation sites is 1. The van der Waals surface area contributed by atoms with Crippen molar-refractivity contribution in [1.29, 1.82) is 0 Å². The Labute approximate surface area is 117 Å². The van der Waals surface area contributed by atoms with Gasteiger partial charge in [-0.1, -0.05) is 31.5 Å². The first kappa shape index (κ1) is 14.4. The van der Waals surface area contributed by atoms with Gasteiger partial charge in [0.2, 0.25) is 0 Å². The van der Waals surface area contributed by atoms with Gasteiger partial charge in [-0.15, -0.1) is 0 Å². The van der Waals surface area contributed by atoms with Gasteiger partial charge >= 0.3 is 0 Å². The van der Waals surface area contributed by atoms with E-state index in [4.69, 9.17) is 10.5 Å². The van der Waals surface area contributed by atoms with E-state index in [1.54, 1.807) is 0 Å². The average Bonchev–Trinajstić information content (AvgIpc) is 2.41. The van der Waals surface area contributed by atoms with Crippen molar-refractivity contribution in [2.24, 2.45) is 11.7 Å². The van der Waals surface area contributed by atoms with Gasteiger partial charge in [0.1, 0.15) is 5.75 Å². The van der Waals surface area contributed by atoms with E-state index >= 15 is 0 Å². The summed E-state index contributed by atoms with van der Waals surface area (Å²) >= 11 is 0. The molecule has 0 aromatic heterocycles. The Kier molecular flexibility index (Phi) is 5.26. The molecule has 19 heavy (non-hydrogen) atoms. The van der Waals surface area contributed by atoms with Crippen LogP contribution in [0.1, 0.15) is 51.5 Å². The molecule has 2 N–H and O–H groups in total. The quantitative estimate of drug-likeness (QED) is 0.871. The maximum absolute atomic E-state index is 6.22. The van der Waals surface area contributed by atoms with Crippen LogP contribution < -0.4 is 10.5 Å². The molecule has 1 aromatic carbocycles. The molecule has 1 unspecified atom stereocenters. The van der Waals surface area contributed by atoms with Crippen LogP contribution in [0.15, 0.2) is 24.3 Å². The molecule has 0 radical (unpaired) electrons. The zero-order valence-corrected chi connectivity index (χ0v) is 12.3. The average molecular weight is 261 g/mol. The third-order valence-corrected chi connectivity index (χ3v) is 4.18. The van der Waals surface area contributed by atoms with Crippen molar-refractivity contribution < 1.29 is 4.74 Å². The molecular weight excluding hydrogens is 234 g/mol. The summed E-state index contributed by atoms with van der Waals surface area (Å²) in [6.07, 6.45) is 7.63. The first-order valence-electron chi connectivity index (χ1n) is 7.69. The topological polar surface area (TPSA) is 35.2 Å². The molecule has 106 valence electrons. The molecule has 1 aliphatic rings. The zero-order valence-electron chi connectivity index (χ0n) is 12.3. The van der Waals surface area contributed by atoms with Crippen LogP contribution in [0.2, 0.25) is 0 Å². The molecule has 2 nitrogen and oxygen atoms in total. The Balaban J connectivity index is 1.95. The minimum Gasteiger partial charge on any atom is -0.490 e. The van der Waals surface area contributed by atoms with E-state index in [-0.39, 0.29) is 6.04 Å². The highest BCUT2D eigenvalue weighted by Crippen LogP contribution is 2.30. The van der Waals surface area contributed by atoms with Crippen LogP contribution in [0.5, 0.6) is 5.75 Å². The monoisotopic (exact) mass is 261 g/mol. The summed E-state index contributed by atoms with van der Waals surface area (Å²) in [6, 6.07) is 8.52. The second-order valence-electron chi connectivity index (χ2n) is 5.96. The van der Waals surface area contributed by atoms with E-state index in [1.807, 2.05) is 6.92 Å². The molecule has 0 heterocycles. The lowest BCUT2D eigenvalue weighted by Crippen LogP contribution is -2.25. The SMILES string of the molecule is CCC1CCC(Oc2ccccc2CC(C)N)CC1. The zero-order chi connectivity index (χ0) is 13.7. The number of benzene rings is 1. The molecule has 0 bridgehead atoms. The van der Waals surface area contributed by atoms with Gasteiger partial charge in [-0.2, -0.15) is 0 Å². The fourth-order valence-electron chi connectivity index (χ4n) is 2.97. The first-order valence-corrected chi connectivity index (χ1v) is 7.69. The number of hydrogen-bond donors (Lipinski definition) is 1. The molecule has 1 aliphatic carbocycles. The van der Waals surface area contributed by atoms with Gasteiger partial charge in [0.15, 0.2) is 0 Å². The molecule has 0 saturated heterocycles. The van der Waals surface area contributed by atoms with Gasteiger partial charge in [-0.3, -0.25) is 0 Å². The normalized spacial score (nSPS) is 25.0. The van der Waals surface area contributed by atoms with Crippen molar-refractivity contribution >= 4 is 0 Å². The van der Waals surface area contributed by atoms with Crippen LogP contribution in [0.4, 0.5) is 0 Å². The van der Waals surface area contributed by atoms with Gasteiger partial charge < -0.3 is 10.5 Å². The lowest BCUT2D eigenvalue weighted by molar-refractivity contribution is 0.128. The van der Waals surface area contributed by atoms with Gasteiger partial charge in [0.25, 0.3) is 0 Å². The fraction of sp³-hybridized carbons (Fsp3) is 0.647. The molecule has 1 fully saturated rings. The third-order valence-electron chi connectivity index (χ3n) is 4.18. The summed E-state index contributed by atoms with van der Waals surface area (Å²) in [5, 5.41) is 0. The smallest absolute Gasteiger partial charge is 0.122 e. The number of nitrogens with two attached hydrogens (primary N) is 1. The van der Waals surface area contributed by atoms with E-state index in [0.29, 0.717) is 6.10 Å². The first-order chi connectivity index (χ1) is 9.19. The van der Waals surface area contributed by atoms with E-state index < -0.39 is 0 Å². The highest BCUT2D eigenvalue weighted by atomic mass is 16.5. The number of ether oxygens (including phenoxy) is 1. The van der Waals surface area contributed by atoms with E-state index in [2.05, 4.69) is 31.2 Å². The van der Waals surface area contributed by atoms with Gasteiger partial charge in [-0.05, 0) is 56.6 Å². The fourth-order valence-corrected chi connectivity index (χ4v) is 2.97. The highest BCUT2D eigenvalue weighted by Gasteiger charge is 2.21. The molecule has 2 rings (SSSR count). The van der Waals surface area contributed by atoms with Crippen molar-refractivity contribution in [3.63, 3.8) is 0 Å². The van der Waals surface area contributed by atoms with Crippen LogP contribution in [0, 0.1) is 5.92 Å². The molecule has 1 saturated carbocycles. The van der Waals surface area contributed by atoms with Crippen LogP contribution in [-0.4, -0.2) is 12.1 Å². The predicted octanol–water partition coefficient (Wildman–Crippen LogP) is 3.92. The maximum atomic E-state index is 6.22. The van der Waals surface area contributed by atoms with Gasteiger partial charge in [0.05, 0.1) is 6.10 Å². The second-order valence-corrected chi connectivity index (χ2v) is 5.96. The van der Waals surface area contributed by atoms with E-state index in [1.165, 1.54) is 37.7 Å². The van der Waals surface area contributed by atoms with E-state index in [9.17, 15) is 0 Å². The molecule has 0 amide bonds. The molecule has 2 heteroatoms. The van der Waals surface area contributed by atoms with Crippen LogP contribution in [0.3, 0.4) is 0 Å². The Bertz CT molecular complexity index is 381. The maximum Gasteiger partial charge on any atom is 0.122 e. The molecular formula is C17H27NO. The summed E-state index contributed by atoms with van der Waals surface area (Å²) in [4.78, 5) is 0. The van der Waals surface area contributed by atoms with E-state index in [0.717, 1.165) is 18.1 Å². The predicted molar refractivity (Wildman–Crippen MR) is 80.5 cm³/mol. The standard InChI is InChI=1S/C17H27NO/c1-3-14-8-10-16(11-9-14)19-17-7-5-4-6-15(17)12-13(2)18/h4-7,13-14,16H,3,8-12,18H2,1-2H3. The largest absolute Gasteiger partial charge is 0.490 e. The summed E-state index contributed by atoms with van der Waals surface area (Å²) < 4.78 is 6.22. The Morgan fingerprint density at radius 3 is 2.53 bits per heavy atom. The van der Waals surface area contributed by atoms with Crippen LogP contribution >= 0.6 is 0 Å². The van der Waals surface area contributed by atoms with Crippen molar-refractivity contribution in [2.45, 2.75) is 64.5 Å². The Morgan fingerprint density at radius 1 is 1.21 bits per heavy atom. The summed E-state index contributed by atoms with van der Waals surface area (Å²) in [5.74, 6) is 1.96. The summed E-state index contributed by atoms with van der Waals surface area (Å²) in [6.45, 7) is 4.34. The van der Waals surface area contributed by atoms with Crippen molar-refractivity contribution in [1.82, 2.24) is 0 Å². The third kappa shape index (κ3) is 4.24. The summed E-state index contributed by atoms with van der Waals surface area (Å²) in [7, 11) is 0. The van der Waals surface area contributed by atoms with Crippen molar-refractivity contribution in [3.8, 4) is 5.75 Å². The highest BCUT2D eigenvalue weighted by molar-refractivity contribution is 5.34. The number of rotatable bonds is 5. The van der Waals surface area contributed by atoms with Crippen molar-refractivity contribution in [3.05, 3.63) is 29.8 Å². The van der Waals surface area contributed by atoms with Crippen molar-refractivity contribution in [2.75, 3.05) is 0 Å². The Morgan fingerprint density at radius 2 is 1.89 bits per heavy atom. The minimum absolute atomic E-state index is 0.181. The molecule has 1 aromatic rings. The van der Waals surface area contributed by atoms with Gasteiger partial charge in [-0.25, -0.2) is 0 Å². The minimum atomic E-state index is 0.181. The van der Waals surface area contributed by atoms with Crippen LogP contribution in [0.25, 0.3) is 0 Å². The van der Waals surface area contributed by atoms with Gasteiger partial charge in [0, 0.05) is 6.04 Å². The summed E-state index contributed by atoms with van der Waals surface area (Å²) in [5.41, 5.74) is 7.15. The Hall–Kier alpha value is -1.02. The second kappa shape index (κ2) is 6.95. The molecule has 0 spiro atoms. The lowest BCUT2D eigenvalue weighted by Gasteiger charge is -2.29. The molecule has 0 aliphatic heterocycles. The van der Waals surface area contributed by atoms with Crippen LogP contribution in [-0.2, 0) is 6.42 Å².